The monoisotopic (exact) mass is 272 g/mol. The van der Waals surface area contributed by atoms with Crippen molar-refractivity contribution < 1.29 is 14.7 Å². The van der Waals surface area contributed by atoms with Gasteiger partial charge in [0.2, 0.25) is 0 Å². The fraction of sp³-hybridized carbons (Fsp3) is 0.857. The van der Waals surface area contributed by atoms with Crippen LogP contribution in [0.2, 0.25) is 0 Å². The van der Waals surface area contributed by atoms with Crippen molar-refractivity contribution in [2.45, 2.75) is 54.0 Å². The van der Waals surface area contributed by atoms with Gasteiger partial charge in [0.25, 0.3) is 0 Å². The molecule has 2 N–H and O–H groups in total. The molecule has 1 unspecified atom stereocenters. The van der Waals surface area contributed by atoms with E-state index in [4.69, 9.17) is 5.11 Å². The first-order valence-corrected chi connectivity index (χ1v) is 6.88. The summed E-state index contributed by atoms with van der Waals surface area (Å²) in [6, 6.07) is -0.385. The number of nitrogens with one attached hydrogen (secondary N) is 1. The van der Waals surface area contributed by atoms with E-state index in [1.165, 1.54) is 4.90 Å². The second-order valence-electron chi connectivity index (χ2n) is 6.08. The lowest BCUT2D eigenvalue weighted by molar-refractivity contribution is -0.138. The quantitative estimate of drug-likeness (QED) is 0.748. The van der Waals surface area contributed by atoms with Gasteiger partial charge in [0, 0.05) is 12.6 Å². The lowest BCUT2D eigenvalue weighted by Crippen LogP contribution is -2.49. The molecule has 0 aliphatic heterocycles. The highest BCUT2D eigenvalue weighted by atomic mass is 16.4. The van der Waals surface area contributed by atoms with Crippen LogP contribution in [0.5, 0.6) is 0 Å². The summed E-state index contributed by atoms with van der Waals surface area (Å²) in [4.78, 5) is 24.3. The highest BCUT2D eigenvalue weighted by Gasteiger charge is 2.26. The van der Waals surface area contributed by atoms with E-state index >= 15 is 0 Å². The van der Waals surface area contributed by atoms with Gasteiger partial charge in [-0.2, -0.15) is 0 Å². The van der Waals surface area contributed by atoms with E-state index in [1.807, 2.05) is 13.8 Å². The van der Waals surface area contributed by atoms with E-state index in [1.54, 1.807) is 0 Å². The molecular formula is C14H28N2O3. The van der Waals surface area contributed by atoms with Crippen LogP contribution in [-0.2, 0) is 4.79 Å². The third-order valence-electron chi connectivity index (χ3n) is 3.95. The molecule has 0 aromatic carbocycles. The van der Waals surface area contributed by atoms with Crippen LogP contribution in [-0.4, -0.2) is 41.1 Å². The zero-order valence-electron chi connectivity index (χ0n) is 13.0. The highest BCUT2D eigenvalue weighted by Crippen LogP contribution is 2.24. The van der Waals surface area contributed by atoms with Gasteiger partial charge in [-0.3, -0.25) is 4.79 Å². The summed E-state index contributed by atoms with van der Waals surface area (Å²) in [7, 11) is 0. The molecule has 19 heavy (non-hydrogen) atoms. The lowest BCUT2D eigenvalue weighted by atomic mass is 9.81. The third-order valence-corrected chi connectivity index (χ3v) is 3.95. The number of aliphatic carboxylic acids is 1. The number of amides is 2. The molecule has 0 heterocycles. The number of nitrogens with zero attached hydrogens (tertiary/aromatic N) is 1. The number of rotatable bonds is 7. The van der Waals surface area contributed by atoms with Gasteiger partial charge < -0.3 is 15.3 Å². The predicted molar refractivity (Wildman–Crippen MR) is 76.1 cm³/mol. The number of carbonyl (C=O) groups excluding carboxylic acids is 1. The van der Waals surface area contributed by atoms with Crippen LogP contribution in [0.1, 0.15) is 48.0 Å². The van der Waals surface area contributed by atoms with Crippen molar-refractivity contribution in [2.24, 2.45) is 11.3 Å². The van der Waals surface area contributed by atoms with Crippen LogP contribution in [0.4, 0.5) is 4.79 Å². The average molecular weight is 272 g/mol. The minimum Gasteiger partial charge on any atom is -0.480 e. The summed E-state index contributed by atoms with van der Waals surface area (Å²) in [6.45, 7) is 12.5. The molecule has 5 nitrogen and oxygen atoms in total. The van der Waals surface area contributed by atoms with Crippen molar-refractivity contribution in [3.8, 4) is 0 Å². The Labute approximate surface area is 116 Å². The van der Waals surface area contributed by atoms with Gasteiger partial charge in [0.1, 0.15) is 6.54 Å². The van der Waals surface area contributed by atoms with Crippen molar-refractivity contribution in [1.82, 2.24) is 10.2 Å². The van der Waals surface area contributed by atoms with E-state index in [-0.39, 0.29) is 24.0 Å². The van der Waals surface area contributed by atoms with E-state index in [0.29, 0.717) is 12.5 Å². The number of carboxylic acid groups (broad SMARTS) is 1. The van der Waals surface area contributed by atoms with E-state index in [0.717, 1.165) is 6.42 Å². The molecule has 112 valence electrons. The van der Waals surface area contributed by atoms with E-state index in [9.17, 15) is 9.59 Å². The molecule has 0 rings (SSSR count). The van der Waals surface area contributed by atoms with Gasteiger partial charge in [0.15, 0.2) is 0 Å². The molecule has 0 saturated heterocycles. The summed E-state index contributed by atoms with van der Waals surface area (Å²) >= 11 is 0. The predicted octanol–water partition coefficient (Wildman–Crippen LogP) is 2.56. The van der Waals surface area contributed by atoms with Crippen LogP contribution in [0.15, 0.2) is 0 Å². The van der Waals surface area contributed by atoms with Gasteiger partial charge in [-0.25, -0.2) is 4.79 Å². The number of hydrogen-bond acceptors (Lipinski definition) is 2. The molecule has 0 aromatic rings. The number of carbonyl (C=O) groups is 2. The van der Waals surface area contributed by atoms with Gasteiger partial charge in [-0.15, -0.1) is 0 Å². The maximum atomic E-state index is 12.1. The molecule has 2 amide bonds. The molecule has 0 bridgehead atoms. The van der Waals surface area contributed by atoms with Crippen molar-refractivity contribution in [2.75, 3.05) is 13.1 Å². The Morgan fingerprint density at radius 1 is 1.26 bits per heavy atom. The van der Waals surface area contributed by atoms with E-state index in [2.05, 4.69) is 33.0 Å². The summed E-state index contributed by atoms with van der Waals surface area (Å²) in [5, 5.41) is 11.7. The molecule has 0 spiro atoms. The SMILES string of the molecule is CCC(C)N(CC(=O)O)C(=O)NCC(C)(C)C(C)C. The Balaban J connectivity index is 4.61. The van der Waals surface area contributed by atoms with Gasteiger partial charge >= 0.3 is 12.0 Å². The molecule has 0 saturated carbocycles. The summed E-state index contributed by atoms with van der Waals surface area (Å²) in [5.41, 5.74) is -0.0139. The Hall–Kier alpha value is -1.26. The molecule has 5 heteroatoms. The van der Waals surface area contributed by atoms with Crippen LogP contribution in [0.3, 0.4) is 0 Å². The zero-order valence-corrected chi connectivity index (χ0v) is 13.0. The van der Waals surface area contributed by atoms with Crippen molar-refractivity contribution in [1.29, 1.82) is 0 Å². The molecule has 0 radical (unpaired) electrons. The number of urea groups is 1. The van der Waals surface area contributed by atoms with E-state index < -0.39 is 5.97 Å². The normalized spacial score (nSPS) is 13.2. The molecule has 1 atom stereocenters. The van der Waals surface area contributed by atoms with Crippen molar-refractivity contribution in [3.63, 3.8) is 0 Å². The third kappa shape index (κ3) is 5.94. The molecule has 0 aromatic heterocycles. The van der Waals surface area contributed by atoms with Gasteiger partial charge in [-0.1, -0.05) is 34.6 Å². The maximum absolute atomic E-state index is 12.1. The van der Waals surface area contributed by atoms with Crippen molar-refractivity contribution >= 4 is 12.0 Å². The molecule has 0 aliphatic rings. The first kappa shape index (κ1) is 17.7. The zero-order chi connectivity index (χ0) is 15.2. The van der Waals surface area contributed by atoms with Crippen LogP contribution >= 0.6 is 0 Å². The first-order chi connectivity index (χ1) is 8.61. The molecule has 0 aliphatic carbocycles. The average Bonchev–Trinajstić information content (AvgIpc) is 2.31. The largest absolute Gasteiger partial charge is 0.480 e. The van der Waals surface area contributed by atoms with Gasteiger partial charge in [-0.05, 0) is 24.7 Å². The number of hydrogen-bond donors (Lipinski definition) is 2. The fourth-order valence-corrected chi connectivity index (χ4v) is 1.40. The second-order valence-corrected chi connectivity index (χ2v) is 6.08. The summed E-state index contributed by atoms with van der Waals surface area (Å²) in [5.74, 6) is -0.553. The van der Waals surface area contributed by atoms with Crippen LogP contribution < -0.4 is 5.32 Å². The minimum atomic E-state index is -0.987. The van der Waals surface area contributed by atoms with Gasteiger partial charge in [0.05, 0.1) is 0 Å². The second kappa shape index (κ2) is 7.36. The molecule has 0 fully saturated rings. The summed E-state index contributed by atoms with van der Waals surface area (Å²) in [6.07, 6.45) is 0.730. The standard InChI is InChI=1S/C14H28N2O3/c1-7-11(4)16(8-12(17)18)13(19)15-9-14(5,6)10(2)3/h10-11H,7-9H2,1-6H3,(H,15,19)(H,17,18). The Kier molecular flexibility index (Phi) is 6.87. The Bertz CT molecular complexity index is 314. The smallest absolute Gasteiger partial charge is 0.323 e. The topological polar surface area (TPSA) is 69.6 Å². The lowest BCUT2D eigenvalue weighted by Gasteiger charge is -2.32. The fourth-order valence-electron chi connectivity index (χ4n) is 1.40. The van der Waals surface area contributed by atoms with Crippen LogP contribution in [0.25, 0.3) is 0 Å². The Morgan fingerprint density at radius 2 is 1.79 bits per heavy atom. The highest BCUT2D eigenvalue weighted by molar-refractivity contribution is 5.80. The molecular weight excluding hydrogens is 244 g/mol. The summed E-state index contributed by atoms with van der Waals surface area (Å²) < 4.78 is 0. The first-order valence-electron chi connectivity index (χ1n) is 6.88. The number of carboxylic acids is 1. The van der Waals surface area contributed by atoms with Crippen molar-refractivity contribution in [3.05, 3.63) is 0 Å². The minimum absolute atomic E-state index is 0.0139. The maximum Gasteiger partial charge on any atom is 0.323 e. The Morgan fingerprint density at radius 3 is 2.16 bits per heavy atom. The van der Waals surface area contributed by atoms with Crippen LogP contribution in [0, 0.1) is 11.3 Å².